The number of hydrogen-bond donors (Lipinski definition) is 0. The van der Waals surface area contributed by atoms with Crippen molar-refractivity contribution in [2.45, 2.75) is 25.7 Å². The van der Waals surface area contributed by atoms with E-state index < -0.39 is 5.24 Å². The maximum atomic E-state index is 11.1. The minimum absolute atomic E-state index is 0.432. The number of ether oxygens (including phenoxy) is 1. The maximum Gasteiger partial charge on any atom is 0.252 e. The van der Waals surface area contributed by atoms with Gasteiger partial charge in [0, 0.05) is 11.1 Å². The van der Waals surface area contributed by atoms with Crippen LogP contribution in [0.1, 0.15) is 41.6 Å². The molecule has 1 aromatic carbocycles. The number of methoxy groups -OCH3 is 1. The average Bonchev–Trinajstić information content (AvgIpc) is 2.81. The molecule has 0 spiro atoms. The monoisotopic (exact) mass is 250 g/mol. The van der Waals surface area contributed by atoms with Gasteiger partial charge in [0.05, 0.1) is 7.11 Å². The lowest BCUT2D eigenvalue weighted by atomic mass is 10.1. The number of rotatable bonds is 3. The van der Waals surface area contributed by atoms with Gasteiger partial charge >= 0.3 is 0 Å². The van der Waals surface area contributed by atoms with Gasteiger partial charge in [0.15, 0.2) is 0 Å². The minimum atomic E-state index is -0.432. The molecule has 2 rings (SSSR count). The van der Waals surface area contributed by atoms with Gasteiger partial charge < -0.3 is 4.74 Å². The molecule has 90 valence electrons. The molecule has 1 aromatic rings. The Labute approximate surface area is 106 Å². The predicted octanol–water partition coefficient (Wildman–Crippen LogP) is 4.03. The van der Waals surface area contributed by atoms with Gasteiger partial charge in [-0.25, -0.2) is 0 Å². The Hall–Kier alpha value is -1.28. The molecule has 0 atom stereocenters. The summed E-state index contributed by atoms with van der Waals surface area (Å²) in [4.78, 5) is 11.1. The number of carbonyl (C=O) groups is 1. The molecular weight excluding hydrogens is 236 g/mol. The fraction of sp³-hybridized carbons (Fsp3) is 0.357. The van der Waals surface area contributed by atoms with Crippen LogP contribution in [0, 0.1) is 0 Å². The smallest absolute Gasteiger partial charge is 0.252 e. The molecule has 0 aromatic heterocycles. The lowest BCUT2D eigenvalue weighted by Crippen LogP contribution is -1.93. The molecule has 0 unspecified atom stereocenters. The average molecular weight is 251 g/mol. The van der Waals surface area contributed by atoms with E-state index in [-0.39, 0.29) is 0 Å². The fourth-order valence-electron chi connectivity index (χ4n) is 2.16. The van der Waals surface area contributed by atoms with Gasteiger partial charge in [-0.05, 0) is 55.5 Å². The van der Waals surface area contributed by atoms with E-state index in [1.54, 1.807) is 25.3 Å². The van der Waals surface area contributed by atoms with Crippen molar-refractivity contribution < 1.29 is 9.53 Å². The van der Waals surface area contributed by atoms with Crippen molar-refractivity contribution in [3.63, 3.8) is 0 Å². The molecule has 1 saturated carbocycles. The SMILES string of the molecule is COc1ccc(C(=O)Cl)cc1C=C1CCCC1. The minimum Gasteiger partial charge on any atom is -0.496 e. The molecule has 0 radical (unpaired) electrons. The second-order valence-electron chi connectivity index (χ2n) is 4.24. The largest absolute Gasteiger partial charge is 0.496 e. The van der Waals surface area contributed by atoms with Gasteiger partial charge in [-0.3, -0.25) is 4.79 Å². The Morgan fingerprint density at radius 2 is 2.06 bits per heavy atom. The van der Waals surface area contributed by atoms with E-state index in [0.29, 0.717) is 5.56 Å². The predicted molar refractivity (Wildman–Crippen MR) is 69.6 cm³/mol. The van der Waals surface area contributed by atoms with Crippen molar-refractivity contribution in [1.82, 2.24) is 0 Å². The van der Waals surface area contributed by atoms with Crippen LogP contribution < -0.4 is 4.74 Å². The van der Waals surface area contributed by atoms with Crippen LogP contribution in [0.2, 0.25) is 0 Å². The Bertz CT molecular complexity index is 455. The van der Waals surface area contributed by atoms with Crippen LogP contribution in [-0.2, 0) is 0 Å². The highest BCUT2D eigenvalue weighted by Crippen LogP contribution is 2.29. The summed E-state index contributed by atoms with van der Waals surface area (Å²) in [5.74, 6) is 0.783. The molecular formula is C14H15ClO2. The number of allylic oxidation sites excluding steroid dienone is 1. The van der Waals surface area contributed by atoms with E-state index in [2.05, 4.69) is 6.08 Å². The van der Waals surface area contributed by atoms with E-state index >= 15 is 0 Å². The van der Waals surface area contributed by atoms with Gasteiger partial charge in [0.25, 0.3) is 5.24 Å². The van der Waals surface area contributed by atoms with Crippen molar-refractivity contribution in [1.29, 1.82) is 0 Å². The summed E-state index contributed by atoms with van der Waals surface area (Å²) >= 11 is 5.49. The quantitative estimate of drug-likeness (QED) is 0.757. The Morgan fingerprint density at radius 3 is 2.65 bits per heavy atom. The van der Waals surface area contributed by atoms with E-state index in [1.807, 2.05) is 0 Å². The van der Waals surface area contributed by atoms with Crippen LogP contribution in [0.4, 0.5) is 0 Å². The Balaban J connectivity index is 2.38. The topological polar surface area (TPSA) is 26.3 Å². The summed E-state index contributed by atoms with van der Waals surface area (Å²) in [6, 6.07) is 5.27. The Kier molecular flexibility index (Phi) is 3.85. The van der Waals surface area contributed by atoms with Crippen LogP contribution >= 0.6 is 11.6 Å². The molecule has 0 aliphatic heterocycles. The first kappa shape index (κ1) is 12.2. The number of hydrogen-bond acceptors (Lipinski definition) is 2. The first-order valence-electron chi connectivity index (χ1n) is 5.78. The van der Waals surface area contributed by atoms with Gasteiger partial charge in [-0.15, -0.1) is 0 Å². The number of carbonyl (C=O) groups excluding carboxylic acids is 1. The zero-order chi connectivity index (χ0) is 12.3. The Morgan fingerprint density at radius 1 is 1.35 bits per heavy atom. The molecule has 0 heterocycles. The van der Waals surface area contributed by atoms with Crippen LogP contribution in [0.3, 0.4) is 0 Å². The second-order valence-corrected chi connectivity index (χ2v) is 4.58. The van der Waals surface area contributed by atoms with Gasteiger partial charge in [-0.1, -0.05) is 11.6 Å². The van der Waals surface area contributed by atoms with E-state index in [9.17, 15) is 4.79 Å². The van der Waals surface area contributed by atoms with Gasteiger partial charge in [-0.2, -0.15) is 0 Å². The zero-order valence-corrected chi connectivity index (χ0v) is 10.6. The second kappa shape index (κ2) is 5.37. The highest BCUT2D eigenvalue weighted by Gasteiger charge is 2.10. The first-order chi connectivity index (χ1) is 8.20. The van der Waals surface area contributed by atoms with Gasteiger partial charge in [0.1, 0.15) is 5.75 Å². The fourth-order valence-corrected chi connectivity index (χ4v) is 2.28. The number of halogens is 1. The van der Waals surface area contributed by atoms with Crippen LogP contribution in [-0.4, -0.2) is 12.4 Å². The highest BCUT2D eigenvalue weighted by atomic mass is 35.5. The third kappa shape index (κ3) is 2.89. The van der Waals surface area contributed by atoms with Crippen LogP contribution in [0.15, 0.2) is 23.8 Å². The summed E-state index contributed by atoms with van der Waals surface area (Å²) in [5, 5.41) is -0.432. The summed E-state index contributed by atoms with van der Waals surface area (Å²) in [7, 11) is 1.63. The summed E-state index contributed by atoms with van der Waals surface area (Å²) in [6.07, 6.45) is 6.91. The summed E-state index contributed by atoms with van der Waals surface area (Å²) in [5.41, 5.74) is 2.87. The normalized spacial score (nSPS) is 14.8. The lowest BCUT2D eigenvalue weighted by Gasteiger charge is -2.07. The maximum absolute atomic E-state index is 11.1. The highest BCUT2D eigenvalue weighted by molar-refractivity contribution is 6.67. The number of benzene rings is 1. The van der Waals surface area contributed by atoms with E-state index in [4.69, 9.17) is 16.3 Å². The van der Waals surface area contributed by atoms with E-state index in [1.165, 1.54) is 18.4 Å². The standard InChI is InChI=1S/C14H15ClO2/c1-17-13-7-6-11(14(15)16)9-12(13)8-10-4-2-3-5-10/h6-9H,2-5H2,1H3. The molecule has 1 aliphatic carbocycles. The molecule has 0 N–H and O–H groups in total. The molecule has 1 aliphatic rings. The third-order valence-corrected chi connectivity index (χ3v) is 3.28. The molecule has 1 fully saturated rings. The van der Waals surface area contributed by atoms with Gasteiger partial charge in [0.2, 0.25) is 0 Å². The van der Waals surface area contributed by atoms with Crippen molar-refractivity contribution in [2.24, 2.45) is 0 Å². The molecule has 0 amide bonds. The first-order valence-corrected chi connectivity index (χ1v) is 6.16. The van der Waals surface area contributed by atoms with Crippen LogP contribution in [0.5, 0.6) is 5.75 Å². The molecule has 2 nitrogen and oxygen atoms in total. The summed E-state index contributed by atoms with van der Waals surface area (Å²) < 4.78 is 5.29. The zero-order valence-electron chi connectivity index (χ0n) is 9.83. The third-order valence-electron chi connectivity index (χ3n) is 3.06. The van der Waals surface area contributed by atoms with Crippen LogP contribution in [0.25, 0.3) is 6.08 Å². The molecule has 0 bridgehead atoms. The van der Waals surface area contributed by atoms with Crippen molar-refractivity contribution in [2.75, 3.05) is 7.11 Å². The lowest BCUT2D eigenvalue weighted by molar-refractivity contribution is 0.108. The van der Waals surface area contributed by atoms with E-state index in [0.717, 1.165) is 24.2 Å². The molecule has 3 heteroatoms. The van der Waals surface area contributed by atoms with Crippen molar-refractivity contribution in [3.8, 4) is 5.75 Å². The molecule has 0 saturated heterocycles. The molecule has 17 heavy (non-hydrogen) atoms. The van der Waals surface area contributed by atoms with Crippen molar-refractivity contribution in [3.05, 3.63) is 34.9 Å². The van der Waals surface area contributed by atoms with Crippen molar-refractivity contribution >= 4 is 22.9 Å². The summed E-state index contributed by atoms with van der Waals surface area (Å²) in [6.45, 7) is 0.